The summed E-state index contributed by atoms with van der Waals surface area (Å²) in [6, 6.07) is -1.17. The van der Waals surface area contributed by atoms with Crippen molar-refractivity contribution in [1.29, 1.82) is 0 Å². The normalized spacial score (nSPS) is 14.4. The van der Waals surface area contributed by atoms with Crippen molar-refractivity contribution in [2.24, 2.45) is 5.10 Å². The van der Waals surface area contributed by atoms with Crippen LogP contribution in [0.5, 0.6) is 0 Å². The van der Waals surface area contributed by atoms with Crippen LogP contribution in [-0.4, -0.2) is 41.6 Å². The van der Waals surface area contributed by atoms with Gasteiger partial charge in [-0.15, -0.1) is 5.53 Å². The van der Waals surface area contributed by atoms with Gasteiger partial charge in [-0.25, -0.2) is 20.0 Å². The smallest absolute Gasteiger partial charge is 0.349 e. The van der Waals surface area contributed by atoms with Crippen molar-refractivity contribution in [3.63, 3.8) is 0 Å². The van der Waals surface area contributed by atoms with Crippen LogP contribution in [0, 0.1) is 0 Å². The summed E-state index contributed by atoms with van der Waals surface area (Å²) in [7, 11) is 1.44. The molecule has 0 saturated heterocycles. The van der Waals surface area contributed by atoms with Crippen LogP contribution in [0.3, 0.4) is 0 Å². The highest BCUT2D eigenvalue weighted by Crippen LogP contribution is 1.94. The Bertz CT molecular complexity index is 385. The van der Waals surface area contributed by atoms with Gasteiger partial charge in [0, 0.05) is 7.05 Å². The maximum Gasteiger partial charge on any atom is 0.353 e. The highest BCUT2D eigenvalue weighted by molar-refractivity contribution is 8.12. The molecule has 0 aromatic heterocycles. The number of nitrogens with zero attached hydrogens (tertiary/aromatic N) is 2. The lowest BCUT2D eigenvalue weighted by molar-refractivity contribution is 0.162. The van der Waals surface area contributed by atoms with Gasteiger partial charge in [0.15, 0.2) is 0 Å². The molecule has 10 nitrogen and oxygen atoms in total. The number of urea groups is 2. The quantitative estimate of drug-likeness (QED) is 0.329. The first kappa shape index (κ1) is 14.1. The highest BCUT2D eigenvalue weighted by Gasteiger charge is 2.18. The summed E-state index contributed by atoms with van der Waals surface area (Å²) < 4.78 is 2.20. The molecule has 11 heteroatoms. The zero-order valence-electron chi connectivity index (χ0n) is 9.73. The van der Waals surface area contributed by atoms with Gasteiger partial charge in [-0.2, -0.15) is 5.10 Å². The van der Waals surface area contributed by atoms with Gasteiger partial charge in [-0.05, 0) is 6.92 Å². The number of hydrogen-bond donors (Lipinski definition) is 5. The van der Waals surface area contributed by atoms with Gasteiger partial charge < -0.3 is 5.32 Å². The minimum absolute atomic E-state index is 0.231. The summed E-state index contributed by atoms with van der Waals surface area (Å²) >= 11 is 0.578. The summed E-state index contributed by atoms with van der Waals surface area (Å²) in [5.74, 6) is 0. The third-order valence-electron chi connectivity index (χ3n) is 1.72. The van der Waals surface area contributed by atoms with E-state index in [2.05, 4.69) is 31.5 Å². The van der Waals surface area contributed by atoms with E-state index >= 15 is 0 Å². The number of carbonyl (C=O) groups is 3. The van der Waals surface area contributed by atoms with Gasteiger partial charge in [-0.3, -0.25) is 14.9 Å². The van der Waals surface area contributed by atoms with E-state index in [9.17, 15) is 14.4 Å². The highest BCUT2D eigenvalue weighted by atomic mass is 32.2. The van der Waals surface area contributed by atoms with Gasteiger partial charge >= 0.3 is 12.1 Å². The van der Waals surface area contributed by atoms with Gasteiger partial charge in [0.25, 0.3) is 5.24 Å². The molecule has 0 bridgehead atoms. The molecule has 0 unspecified atom stereocenters. The van der Waals surface area contributed by atoms with Crippen LogP contribution in [0.1, 0.15) is 6.92 Å². The van der Waals surface area contributed by atoms with Crippen LogP contribution in [0.4, 0.5) is 14.4 Å². The molecule has 0 saturated carbocycles. The van der Waals surface area contributed by atoms with Crippen LogP contribution < -0.4 is 26.4 Å². The molecular weight excluding hydrogens is 262 g/mol. The molecule has 5 N–H and O–H groups in total. The summed E-state index contributed by atoms with van der Waals surface area (Å²) in [5.41, 5.74) is 7.48. The van der Waals surface area contributed by atoms with E-state index in [1.165, 1.54) is 7.05 Å². The molecule has 1 aliphatic rings. The maximum absolute atomic E-state index is 11.3. The zero-order valence-corrected chi connectivity index (χ0v) is 10.6. The molecular formula is C7H13N7O3S. The minimum atomic E-state index is -0.670. The molecule has 18 heavy (non-hydrogen) atoms. The first-order valence-corrected chi connectivity index (χ1v) is 5.65. The predicted molar refractivity (Wildman–Crippen MR) is 65.2 cm³/mol. The number of amides is 5. The standard InChI is InChI=1S/C7H13N7O3S/c1-4-3-14(6(16)11-9-4)13-10-5(15)12-18-7(17)8-2/h13H,3H2,1-2H3,(H,8,17)(H,11,16)(H2,10,12,15). The van der Waals surface area contributed by atoms with Crippen molar-refractivity contribution in [1.82, 2.24) is 31.4 Å². The molecule has 0 aromatic carbocycles. The van der Waals surface area contributed by atoms with Crippen LogP contribution in [0.15, 0.2) is 5.10 Å². The summed E-state index contributed by atoms with van der Waals surface area (Å²) in [4.78, 5) is 33.3. The third-order valence-corrected chi connectivity index (χ3v) is 2.40. The molecule has 0 aliphatic carbocycles. The number of rotatable bonds is 2. The van der Waals surface area contributed by atoms with Gasteiger partial charge in [0.05, 0.1) is 24.2 Å². The fourth-order valence-corrected chi connectivity index (χ4v) is 1.26. The lowest BCUT2D eigenvalue weighted by Gasteiger charge is -2.25. The van der Waals surface area contributed by atoms with E-state index < -0.39 is 17.3 Å². The molecule has 0 atom stereocenters. The Morgan fingerprint density at radius 2 is 2.22 bits per heavy atom. The first-order chi connectivity index (χ1) is 8.52. The van der Waals surface area contributed by atoms with E-state index in [0.717, 1.165) is 5.01 Å². The zero-order chi connectivity index (χ0) is 13.5. The SMILES string of the molecule is CNC(=O)SNC(=O)NNN1CC(C)=NNC1=O. The van der Waals surface area contributed by atoms with Crippen LogP contribution in [0.25, 0.3) is 0 Å². The molecule has 0 spiro atoms. The fraction of sp³-hybridized carbons (Fsp3) is 0.429. The Morgan fingerprint density at radius 3 is 2.89 bits per heavy atom. The second kappa shape index (κ2) is 6.66. The molecule has 1 aliphatic heterocycles. The monoisotopic (exact) mass is 275 g/mol. The number of carbonyl (C=O) groups excluding carboxylic acids is 3. The van der Waals surface area contributed by atoms with Crippen molar-refractivity contribution in [3.8, 4) is 0 Å². The van der Waals surface area contributed by atoms with E-state index in [4.69, 9.17) is 0 Å². The number of hydrazine groups is 2. The van der Waals surface area contributed by atoms with Crippen LogP contribution >= 0.6 is 11.9 Å². The van der Waals surface area contributed by atoms with Gasteiger partial charge in [-0.1, -0.05) is 0 Å². The van der Waals surface area contributed by atoms with Crippen molar-refractivity contribution >= 4 is 35.0 Å². The maximum atomic E-state index is 11.3. The molecule has 1 rings (SSSR count). The largest absolute Gasteiger partial charge is 0.353 e. The molecule has 5 amide bonds. The topological polar surface area (TPSA) is 127 Å². The summed E-state index contributed by atoms with van der Waals surface area (Å²) in [5, 5.41) is 6.72. The summed E-state index contributed by atoms with van der Waals surface area (Å²) in [6.07, 6.45) is 0. The van der Waals surface area contributed by atoms with Crippen LogP contribution in [-0.2, 0) is 0 Å². The molecule has 0 fully saturated rings. The summed E-state index contributed by atoms with van der Waals surface area (Å²) in [6.45, 7) is 1.95. The fourth-order valence-electron chi connectivity index (χ4n) is 0.917. The van der Waals surface area contributed by atoms with Gasteiger partial charge in [0.1, 0.15) is 0 Å². The van der Waals surface area contributed by atoms with E-state index in [-0.39, 0.29) is 6.54 Å². The Morgan fingerprint density at radius 1 is 1.50 bits per heavy atom. The Kier molecular flexibility index (Phi) is 5.20. The van der Waals surface area contributed by atoms with Crippen molar-refractivity contribution in [2.75, 3.05) is 13.6 Å². The van der Waals surface area contributed by atoms with Gasteiger partial charge in [0.2, 0.25) is 0 Å². The number of hydrazone groups is 1. The second-order valence-electron chi connectivity index (χ2n) is 3.16. The Labute approximate surface area is 107 Å². The third kappa shape index (κ3) is 4.47. The van der Waals surface area contributed by atoms with Crippen molar-refractivity contribution in [3.05, 3.63) is 0 Å². The second-order valence-corrected chi connectivity index (χ2v) is 3.94. The van der Waals surface area contributed by atoms with Crippen LogP contribution in [0.2, 0.25) is 0 Å². The predicted octanol–water partition coefficient (Wildman–Crippen LogP) is -0.906. The lowest BCUT2D eigenvalue weighted by Crippen LogP contribution is -2.59. The molecule has 1 heterocycles. The minimum Gasteiger partial charge on any atom is -0.349 e. The average molecular weight is 275 g/mol. The molecule has 100 valence electrons. The Balaban J connectivity index is 2.28. The first-order valence-electron chi connectivity index (χ1n) is 4.83. The van der Waals surface area contributed by atoms with E-state index in [1.54, 1.807) is 6.92 Å². The number of hydrogen-bond acceptors (Lipinski definition) is 6. The lowest BCUT2D eigenvalue weighted by atomic mass is 10.4. The van der Waals surface area contributed by atoms with Crippen molar-refractivity contribution < 1.29 is 14.4 Å². The van der Waals surface area contributed by atoms with E-state index in [0.29, 0.717) is 17.7 Å². The number of nitrogens with one attached hydrogen (secondary N) is 5. The van der Waals surface area contributed by atoms with E-state index in [1.807, 2.05) is 0 Å². The Hall–Kier alpha value is -2.01. The molecule has 0 radical (unpaired) electrons. The van der Waals surface area contributed by atoms with Crippen molar-refractivity contribution in [2.45, 2.75) is 6.92 Å². The molecule has 0 aromatic rings. The average Bonchev–Trinajstić information content (AvgIpc) is 2.36.